The molecule has 2 aromatic carbocycles. The number of rotatable bonds is 3. The van der Waals surface area contributed by atoms with Crippen molar-refractivity contribution in [1.82, 2.24) is 0 Å². The van der Waals surface area contributed by atoms with Crippen molar-refractivity contribution >= 4 is 5.69 Å². The van der Waals surface area contributed by atoms with Gasteiger partial charge in [0.1, 0.15) is 11.9 Å². The van der Waals surface area contributed by atoms with Crippen LogP contribution in [0.1, 0.15) is 48.0 Å². The van der Waals surface area contributed by atoms with Crippen LogP contribution in [0.25, 0.3) is 0 Å². The van der Waals surface area contributed by atoms with Gasteiger partial charge >= 0.3 is 0 Å². The standard InChI is InChI=1S/C17H18FNO/c18-14-7-8-16(19)15(10-14)17(20)13-6-2-5-12(9-13)11-3-1-4-11/h2,5-11,17,20H,1,3-4,19H2. The molecule has 0 saturated heterocycles. The van der Waals surface area contributed by atoms with E-state index in [9.17, 15) is 9.50 Å². The Morgan fingerprint density at radius 1 is 1.15 bits per heavy atom. The highest BCUT2D eigenvalue weighted by molar-refractivity contribution is 5.51. The molecule has 104 valence electrons. The summed E-state index contributed by atoms with van der Waals surface area (Å²) in [7, 11) is 0. The van der Waals surface area contributed by atoms with Crippen LogP contribution in [0.4, 0.5) is 10.1 Å². The van der Waals surface area contributed by atoms with E-state index in [1.165, 1.54) is 43.0 Å². The van der Waals surface area contributed by atoms with Gasteiger partial charge in [-0.2, -0.15) is 0 Å². The fourth-order valence-corrected chi connectivity index (χ4v) is 2.69. The van der Waals surface area contributed by atoms with E-state index in [2.05, 4.69) is 6.07 Å². The lowest BCUT2D eigenvalue weighted by molar-refractivity contribution is 0.220. The van der Waals surface area contributed by atoms with E-state index in [0.717, 1.165) is 5.56 Å². The molecule has 0 bridgehead atoms. The Kier molecular flexibility index (Phi) is 3.45. The van der Waals surface area contributed by atoms with Crippen molar-refractivity contribution in [3.63, 3.8) is 0 Å². The van der Waals surface area contributed by atoms with Gasteiger partial charge in [-0.05, 0) is 48.1 Å². The summed E-state index contributed by atoms with van der Waals surface area (Å²) in [6.45, 7) is 0. The predicted molar refractivity (Wildman–Crippen MR) is 77.9 cm³/mol. The van der Waals surface area contributed by atoms with Crippen LogP contribution in [0.3, 0.4) is 0 Å². The van der Waals surface area contributed by atoms with Crippen molar-refractivity contribution in [2.24, 2.45) is 0 Å². The molecule has 1 aliphatic rings. The van der Waals surface area contributed by atoms with Gasteiger partial charge in [0.2, 0.25) is 0 Å². The van der Waals surface area contributed by atoms with Crippen LogP contribution in [-0.2, 0) is 0 Å². The molecular weight excluding hydrogens is 253 g/mol. The Bertz CT molecular complexity index is 622. The van der Waals surface area contributed by atoms with Crippen LogP contribution < -0.4 is 5.73 Å². The highest BCUT2D eigenvalue weighted by atomic mass is 19.1. The minimum absolute atomic E-state index is 0.386. The molecule has 1 atom stereocenters. The molecule has 20 heavy (non-hydrogen) atoms. The molecule has 3 rings (SSSR count). The maximum Gasteiger partial charge on any atom is 0.123 e. The predicted octanol–water partition coefficient (Wildman–Crippen LogP) is 3.76. The molecule has 0 spiro atoms. The van der Waals surface area contributed by atoms with Gasteiger partial charge in [-0.15, -0.1) is 0 Å². The van der Waals surface area contributed by atoms with E-state index in [0.29, 0.717) is 17.2 Å². The van der Waals surface area contributed by atoms with Crippen LogP contribution in [0.5, 0.6) is 0 Å². The molecular formula is C17H18FNO. The van der Waals surface area contributed by atoms with E-state index in [4.69, 9.17) is 5.73 Å². The monoisotopic (exact) mass is 271 g/mol. The first-order valence-electron chi connectivity index (χ1n) is 6.98. The number of aliphatic hydroxyl groups is 1. The quantitative estimate of drug-likeness (QED) is 0.835. The van der Waals surface area contributed by atoms with Gasteiger partial charge in [-0.3, -0.25) is 0 Å². The number of hydrogen-bond acceptors (Lipinski definition) is 2. The SMILES string of the molecule is Nc1ccc(F)cc1C(O)c1cccc(C2CCC2)c1. The third-order valence-corrected chi connectivity index (χ3v) is 4.15. The molecule has 0 heterocycles. The van der Waals surface area contributed by atoms with Crippen molar-refractivity contribution in [1.29, 1.82) is 0 Å². The van der Waals surface area contributed by atoms with Crippen LogP contribution >= 0.6 is 0 Å². The fourth-order valence-electron chi connectivity index (χ4n) is 2.69. The van der Waals surface area contributed by atoms with E-state index in [1.54, 1.807) is 0 Å². The third kappa shape index (κ3) is 2.41. The van der Waals surface area contributed by atoms with Crippen molar-refractivity contribution in [2.45, 2.75) is 31.3 Å². The zero-order valence-corrected chi connectivity index (χ0v) is 11.2. The second-order valence-corrected chi connectivity index (χ2v) is 5.47. The molecule has 1 unspecified atom stereocenters. The Balaban J connectivity index is 1.93. The number of aliphatic hydroxyl groups excluding tert-OH is 1. The summed E-state index contributed by atoms with van der Waals surface area (Å²) in [6, 6.07) is 12.0. The van der Waals surface area contributed by atoms with Crippen molar-refractivity contribution in [3.8, 4) is 0 Å². The molecule has 1 saturated carbocycles. The number of hydrogen-bond donors (Lipinski definition) is 2. The fraction of sp³-hybridized carbons (Fsp3) is 0.294. The number of nitrogens with two attached hydrogens (primary N) is 1. The molecule has 0 aliphatic heterocycles. The maximum absolute atomic E-state index is 13.3. The summed E-state index contributed by atoms with van der Waals surface area (Å²) in [5, 5.41) is 10.4. The first-order chi connectivity index (χ1) is 9.65. The molecule has 2 nitrogen and oxygen atoms in total. The van der Waals surface area contributed by atoms with E-state index < -0.39 is 6.10 Å². The largest absolute Gasteiger partial charge is 0.398 e. The van der Waals surface area contributed by atoms with E-state index in [1.807, 2.05) is 18.2 Å². The Hall–Kier alpha value is -1.87. The number of anilines is 1. The van der Waals surface area contributed by atoms with Gasteiger partial charge in [0.15, 0.2) is 0 Å². The van der Waals surface area contributed by atoms with Crippen molar-refractivity contribution in [3.05, 3.63) is 65.0 Å². The lowest BCUT2D eigenvalue weighted by atomic mass is 9.79. The van der Waals surface area contributed by atoms with E-state index >= 15 is 0 Å². The van der Waals surface area contributed by atoms with Crippen molar-refractivity contribution in [2.75, 3.05) is 5.73 Å². The molecule has 0 aromatic heterocycles. The molecule has 2 aromatic rings. The first-order valence-corrected chi connectivity index (χ1v) is 6.98. The van der Waals surface area contributed by atoms with Gasteiger partial charge in [-0.1, -0.05) is 30.7 Å². The number of nitrogen functional groups attached to an aromatic ring is 1. The molecule has 3 N–H and O–H groups in total. The Morgan fingerprint density at radius 3 is 2.65 bits per heavy atom. The van der Waals surface area contributed by atoms with Gasteiger partial charge in [0.25, 0.3) is 0 Å². The minimum atomic E-state index is -0.884. The zero-order chi connectivity index (χ0) is 14.1. The van der Waals surface area contributed by atoms with Gasteiger partial charge < -0.3 is 10.8 Å². The summed E-state index contributed by atoms with van der Waals surface area (Å²) < 4.78 is 13.3. The molecule has 0 amide bonds. The average Bonchev–Trinajstić information content (AvgIpc) is 2.39. The number of halogens is 1. The molecule has 0 radical (unpaired) electrons. The topological polar surface area (TPSA) is 46.2 Å². The molecule has 3 heteroatoms. The number of benzene rings is 2. The Morgan fingerprint density at radius 2 is 1.95 bits per heavy atom. The van der Waals surface area contributed by atoms with Crippen LogP contribution in [0.15, 0.2) is 42.5 Å². The summed E-state index contributed by atoms with van der Waals surface area (Å²) in [5.41, 5.74) is 8.70. The normalized spacial score (nSPS) is 16.7. The summed E-state index contributed by atoms with van der Waals surface area (Å²) in [6.07, 6.45) is 2.81. The van der Waals surface area contributed by atoms with E-state index in [-0.39, 0.29) is 5.82 Å². The van der Waals surface area contributed by atoms with Crippen LogP contribution in [0.2, 0.25) is 0 Å². The highest BCUT2D eigenvalue weighted by Gasteiger charge is 2.21. The second kappa shape index (κ2) is 5.25. The van der Waals surface area contributed by atoms with Gasteiger partial charge in [0.05, 0.1) is 0 Å². The lowest BCUT2D eigenvalue weighted by Gasteiger charge is -2.26. The summed E-state index contributed by atoms with van der Waals surface area (Å²) in [4.78, 5) is 0. The third-order valence-electron chi connectivity index (χ3n) is 4.15. The smallest absolute Gasteiger partial charge is 0.123 e. The van der Waals surface area contributed by atoms with Gasteiger partial charge in [0, 0.05) is 11.3 Å². The Labute approximate surface area is 118 Å². The summed E-state index contributed by atoms with van der Waals surface area (Å²) in [5.74, 6) is 0.218. The van der Waals surface area contributed by atoms with Crippen LogP contribution in [0, 0.1) is 5.82 Å². The van der Waals surface area contributed by atoms with Crippen molar-refractivity contribution < 1.29 is 9.50 Å². The van der Waals surface area contributed by atoms with Gasteiger partial charge in [-0.25, -0.2) is 4.39 Å². The second-order valence-electron chi connectivity index (χ2n) is 5.47. The maximum atomic E-state index is 13.3. The molecule has 1 aliphatic carbocycles. The molecule has 1 fully saturated rings. The lowest BCUT2D eigenvalue weighted by Crippen LogP contribution is -2.10. The first kappa shape index (κ1) is 13.1. The zero-order valence-electron chi connectivity index (χ0n) is 11.2. The minimum Gasteiger partial charge on any atom is -0.398 e. The summed E-state index contributed by atoms with van der Waals surface area (Å²) >= 11 is 0. The average molecular weight is 271 g/mol. The highest BCUT2D eigenvalue weighted by Crippen LogP contribution is 2.37. The van der Waals surface area contributed by atoms with Crippen LogP contribution in [-0.4, -0.2) is 5.11 Å².